The van der Waals surface area contributed by atoms with E-state index < -0.39 is 0 Å². The minimum atomic E-state index is 0.290. The molecule has 138 valence electrons. The molecule has 1 aliphatic heterocycles. The molecule has 1 aromatic carbocycles. The molecule has 7 heteroatoms. The van der Waals surface area contributed by atoms with Crippen molar-refractivity contribution in [3.05, 3.63) is 71.8 Å². The number of rotatable bonds is 7. The van der Waals surface area contributed by atoms with Gasteiger partial charge in [-0.2, -0.15) is 0 Å². The zero-order valence-corrected chi connectivity index (χ0v) is 15.9. The number of pyridine rings is 1. The molecular formula is C20H20N4O2S. The van der Waals surface area contributed by atoms with E-state index in [-0.39, 0.29) is 0 Å². The normalized spacial score (nSPS) is 12.5. The number of fused-ring (bicyclic) bond motifs is 1. The van der Waals surface area contributed by atoms with E-state index in [2.05, 4.69) is 32.0 Å². The summed E-state index contributed by atoms with van der Waals surface area (Å²) in [6.07, 6.45) is 9.43. The van der Waals surface area contributed by atoms with Gasteiger partial charge in [0.05, 0.1) is 0 Å². The fourth-order valence-electron chi connectivity index (χ4n) is 3.00. The lowest BCUT2D eigenvalue weighted by Crippen LogP contribution is -2.22. The quantitative estimate of drug-likeness (QED) is 0.459. The summed E-state index contributed by atoms with van der Waals surface area (Å²) in [5.41, 5.74) is 3.48. The number of hydrogen-bond acceptors (Lipinski definition) is 7. The Morgan fingerprint density at radius 3 is 2.37 bits per heavy atom. The van der Waals surface area contributed by atoms with Gasteiger partial charge in [-0.1, -0.05) is 17.8 Å². The van der Waals surface area contributed by atoms with Crippen molar-refractivity contribution in [2.45, 2.75) is 24.8 Å². The Morgan fingerprint density at radius 2 is 1.59 bits per heavy atom. The Hall–Kier alpha value is -2.64. The number of ether oxygens (including phenoxy) is 2. The molecule has 0 amide bonds. The Bertz CT molecular complexity index is 890. The maximum absolute atomic E-state index is 5.51. The summed E-state index contributed by atoms with van der Waals surface area (Å²) in [7, 11) is 0. The van der Waals surface area contributed by atoms with Crippen LogP contribution in [0.4, 0.5) is 0 Å². The fraction of sp³-hybridized carbons (Fsp3) is 0.250. The van der Waals surface area contributed by atoms with Crippen LogP contribution in [0.1, 0.15) is 16.7 Å². The van der Waals surface area contributed by atoms with Gasteiger partial charge in [-0.3, -0.25) is 9.88 Å². The van der Waals surface area contributed by atoms with Gasteiger partial charge in [-0.05, 0) is 41.6 Å². The molecule has 0 unspecified atom stereocenters. The molecule has 0 spiro atoms. The second kappa shape index (κ2) is 8.37. The summed E-state index contributed by atoms with van der Waals surface area (Å²) in [4.78, 5) is 15.2. The van der Waals surface area contributed by atoms with Gasteiger partial charge >= 0.3 is 0 Å². The fourth-order valence-corrected chi connectivity index (χ4v) is 3.32. The third kappa shape index (κ3) is 4.56. The lowest BCUT2D eigenvalue weighted by molar-refractivity contribution is 0.174. The Labute approximate surface area is 162 Å². The smallest absolute Gasteiger partial charge is 0.231 e. The first-order chi connectivity index (χ1) is 13.3. The first-order valence-electron chi connectivity index (χ1n) is 8.65. The largest absolute Gasteiger partial charge is 0.454 e. The zero-order chi connectivity index (χ0) is 18.5. The number of aromatic nitrogens is 3. The molecule has 3 aromatic rings. The average Bonchev–Trinajstić information content (AvgIpc) is 3.17. The van der Waals surface area contributed by atoms with Crippen LogP contribution < -0.4 is 9.47 Å². The van der Waals surface area contributed by atoms with Crippen LogP contribution in [-0.4, -0.2) is 32.9 Å². The van der Waals surface area contributed by atoms with Gasteiger partial charge in [0, 0.05) is 50.0 Å². The molecule has 0 radical (unpaired) electrons. The van der Waals surface area contributed by atoms with E-state index >= 15 is 0 Å². The zero-order valence-electron chi connectivity index (χ0n) is 15.0. The molecular weight excluding hydrogens is 360 g/mol. The van der Waals surface area contributed by atoms with E-state index in [1.54, 1.807) is 11.8 Å². The van der Waals surface area contributed by atoms with Gasteiger partial charge in [-0.25, -0.2) is 9.97 Å². The second-order valence-electron chi connectivity index (χ2n) is 6.27. The van der Waals surface area contributed by atoms with Gasteiger partial charge in [0.1, 0.15) is 0 Å². The average molecular weight is 380 g/mol. The lowest BCUT2D eigenvalue weighted by Gasteiger charge is -2.22. The summed E-state index contributed by atoms with van der Waals surface area (Å²) < 4.78 is 10.9. The molecule has 0 saturated heterocycles. The number of hydrogen-bond donors (Lipinski definition) is 0. The van der Waals surface area contributed by atoms with Crippen molar-refractivity contribution in [2.75, 3.05) is 13.0 Å². The van der Waals surface area contributed by atoms with Crippen LogP contribution in [0.25, 0.3) is 0 Å². The van der Waals surface area contributed by atoms with Crippen molar-refractivity contribution >= 4 is 11.8 Å². The van der Waals surface area contributed by atoms with Gasteiger partial charge in [0.15, 0.2) is 16.7 Å². The first-order valence-corrected chi connectivity index (χ1v) is 9.87. The van der Waals surface area contributed by atoms with Crippen molar-refractivity contribution < 1.29 is 9.47 Å². The van der Waals surface area contributed by atoms with Crippen LogP contribution in [0.2, 0.25) is 0 Å². The van der Waals surface area contributed by atoms with Crippen LogP contribution in [0.15, 0.2) is 60.3 Å². The number of thioether (sulfide) groups is 1. The van der Waals surface area contributed by atoms with Gasteiger partial charge in [-0.15, -0.1) is 0 Å². The lowest BCUT2D eigenvalue weighted by atomic mass is 10.1. The molecule has 3 heterocycles. The van der Waals surface area contributed by atoms with Crippen LogP contribution in [0.5, 0.6) is 11.5 Å². The Morgan fingerprint density at radius 1 is 0.889 bits per heavy atom. The van der Waals surface area contributed by atoms with Crippen LogP contribution in [-0.2, 0) is 19.6 Å². The minimum Gasteiger partial charge on any atom is -0.454 e. The third-order valence-electron chi connectivity index (χ3n) is 4.27. The van der Waals surface area contributed by atoms with Crippen molar-refractivity contribution in [3.63, 3.8) is 0 Å². The van der Waals surface area contributed by atoms with Crippen molar-refractivity contribution in [3.8, 4) is 11.5 Å². The molecule has 4 rings (SSSR count). The topological polar surface area (TPSA) is 60.4 Å². The minimum absolute atomic E-state index is 0.290. The maximum atomic E-state index is 5.51. The Balaban J connectivity index is 1.53. The molecule has 0 atom stereocenters. The highest BCUT2D eigenvalue weighted by Crippen LogP contribution is 2.33. The molecule has 0 bridgehead atoms. The molecule has 1 aliphatic rings. The van der Waals surface area contributed by atoms with E-state index in [9.17, 15) is 0 Å². The van der Waals surface area contributed by atoms with Gasteiger partial charge < -0.3 is 9.47 Å². The summed E-state index contributed by atoms with van der Waals surface area (Å²) in [6, 6.07) is 10.2. The van der Waals surface area contributed by atoms with E-state index in [0.717, 1.165) is 41.9 Å². The van der Waals surface area contributed by atoms with E-state index in [0.29, 0.717) is 6.79 Å². The molecule has 0 N–H and O–H groups in total. The van der Waals surface area contributed by atoms with Gasteiger partial charge in [0.25, 0.3) is 0 Å². The monoisotopic (exact) mass is 380 g/mol. The summed E-state index contributed by atoms with van der Waals surface area (Å²) >= 11 is 1.54. The maximum Gasteiger partial charge on any atom is 0.231 e. The third-order valence-corrected chi connectivity index (χ3v) is 4.85. The molecule has 0 saturated carbocycles. The van der Waals surface area contributed by atoms with Crippen molar-refractivity contribution in [1.82, 2.24) is 19.9 Å². The van der Waals surface area contributed by atoms with Crippen LogP contribution >= 0.6 is 11.8 Å². The standard InChI is InChI=1S/C20H20N4O2S/c1-27-20-22-9-17(10-23-20)13-24(11-15-4-6-21-7-5-15)12-16-2-3-18-19(8-16)26-14-25-18/h2-10H,11-14H2,1H3. The Kier molecular flexibility index (Phi) is 5.50. The highest BCUT2D eigenvalue weighted by molar-refractivity contribution is 7.98. The molecule has 6 nitrogen and oxygen atoms in total. The van der Waals surface area contributed by atoms with E-state index in [1.165, 1.54) is 11.1 Å². The summed E-state index contributed by atoms with van der Waals surface area (Å²) in [6.45, 7) is 2.63. The van der Waals surface area contributed by atoms with Crippen molar-refractivity contribution in [2.24, 2.45) is 0 Å². The van der Waals surface area contributed by atoms with E-state index in [1.807, 2.05) is 49.2 Å². The molecule has 0 fully saturated rings. The predicted molar refractivity (Wildman–Crippen MR) is 104 cm³/mol. The predicted octanol–water partition coefficient (Wildman–Crippen LogP) is 3.52. The van der Waals surface area contributed by atoms with Crippen molar-refractivity contribution in [1.29, 1.82) is 0 Å². The number of benzene rings is 1. The SMILES string of the molecule is CSc1ncc(CN(Cc2ccncc2)Cc2ccc3c(c2)OCO3)cn1. The van der Waals surface area contributed by atoms with Crippen LogP contribution in [0.3, 0.4) is 0 Å². The van der Waals surface area contributed by atoms with E-state index in [4.69, 9.17) is 9.47 Å². The second-order valence-corrected chi connectivity index (χ2v) is 7.04. The highest BCUT2D eigenvalue weighted by atomic mass is 32.2. The van der Waals surface area contributed by atoms with Gasteiger partial charge in [0.2, 0.25) is 6.79 Å². The molecule has 2 aromatic heterocycles. The molecule has 0 aliphatic carbocycles. The number of nitrogens with zero attached hydrogens (tertiary/aromatic N) is 4. The summed E-state index contributed by atoms with van der Waals surface area (Å²) in [5, 5.41) is 0.787. The first kappa shape index (κ1) is 17.8. The van der Waals surface area contributed by atoms with Crippen LogP contribution in [0, 0.1) is 0 Å². The summed E-state index contributed by atoms with van der Waals surface area (Å²) in [5.74, 6) is 1.62. The molecule has 27 heavy (non-hydrogen) atoms. The highest BCUT2D eigenvalue weighted by Gasteiger charge is 2.15.